The van der Waals surface area contributed by atoms with Crippen LogP contribution in [0.25, 0.3) is 0 Å². The Morgan fingerprint density at radius 3 is 2.69 bits per heavy atom. The fraction of sp³-hybridized carbons (Fsp3) is 0.500. The van der Waals surface area contributed by atoms with Gasteiger partial charge in [0.25, 0.3) is 5.56 Å². The largest absolute Gasteiger partial charge is 0.362 e. The van der Waals surface area contributed by atoms with Gasteiger partial charge in [-0.3, -0.25) is 14.6 Å². The summed E-state index contributed by atoms with van der Waals surface area (Å²) >= 11 is 0. The highest BCUT2D eigenvalue weighted by Gasteiger charge is 2.26. The summed E-state index contributed by atoms with van der Waals surface area (Å²) in [5, 5.41) is 2.85. The quantitative estimate of drug-likeness (QED) is 0.695. The van der Waals surface area contributed by atoms with Crippen LogP contribution in [0.5, 0.6) is 0 Å². The highest BCUT2D eigenvalue weighted by atomic mass is 16.1. The van der Waals surface area contributed by atoms with Gasteiger partial charge in [0.05, 0.1) is 6.54 Å². The molecule has 6 heteroatoms. The number of rotatable bonds is 1. The average molecular weight is 220 g/mol. The second kappa shape index (κ2) is 3.33. The third-order valence-electron chi connectivity index (χ3n) is 3.01. The number of carbonyl (C=O) groups excluding carboxylic acids is 1. The van der Waals surface area contributed by atoms with E-state index in [4.69, 9.17) is 0 Å². The molecule has 0 unspecified atom stereocenters. The number of ketones is 1. The van der Waals surface area contributed by atoms with Gasteiger partial charge in [0.1, 0.15) is 11.4 Å². The van der Waals surface area contributed by atoms with E-state index in [-0.39, 0.29) is 23.5 Å². The van der Waals surface area contributed by atoms with Crippen LogP contribution in [0.4, 0.5) is 11.8 Å². The van der Waals surface area contributed by atoms with Crippen molar-refractivity contribution in [3.63, 3.8) is 0 Å². The average Bonchev–Trinajstić information content (AvgIpc) is 2.87. The molecule has 2 aliphatic heterocycles. The first-order valence-electron chi connectivity index (χ1n) is 5.42. The Bertz CT molecular complexity index is 502. The summed E-state index contributed by atoms with van der Waals surface area (Å²) in [4.78, 5) is 32.1. The van der Waals surface area contributed by atoms with E-state index in [0.717, 1.165) is 25.9 Å². The lowest BCUT2D eigenvalue weighted by atomic mass is 10.2. The van der Waals surface area contributed by atoms with E-state index >= 15 is 0 Å². The zero-order chi connectivity index (χ0) is 11.1. The van der Waals surface area contributed by atoms with Crippen molar-refractivity contribution in [2.24, 2.45) is 0 Å². The third-order valence-corrected chi connectivity index (χ3v) is 3.01. The molecule has 0 aromatic carbocycles. The van der Waals surface area contributed by atoms with E-state index in [0.29, 0.717) is 11.8 Å². The first kappa shape index (κ1) is 9.38. The van der Waals surface area contributed by atoms with Gasteiger partial charge in [0.15, 0.2) is 5.78 Å². The second-order valence-corrected chi connectivity index (χ2v) is 4.08. The Balaban J connectivity index is 2.07. The van der Waals surface area contributed by atoms with E-state index in [1.165, 1.54) is 0 Å². The van der Waals surface area contributed by atoms with E-state index in [1.54, 1.807) is 0 Å². The molecule has 6 nitrogen and oxygen atoms in total. The van der Waals surface area contributed by atoms with Gasteiger partial charge in [-0.2, -0.15) is 4.98 Å². The molecule has 0 spiro atoms. The number of nitrogens with zero attached hydrogens (tertiary/aromatic N) is 2. The van der Waals surface area contributed by atoms with Crippen molar-refractivity contribution in [1.29, 1.82) is 0 Å². The maximum Gasteiger partial charge on any atom is 0.265 e. The predicted molar refractivity (Wildman–Crippen MR) is 59.1 cm³/mol. The smallest absolute Gasteiger partial charge is 0.265 e. The third kappa shape index (κ3) is 1.30. The fourth-order valence-corrected chi connectivity index (χ4v) is 2.18. The van der Waals surface area contributed by atoms with Crippen LogP contribution in [0.2, 0.25) is 0 Å². The van der Waals surface area contributed by atoms with Crippen LogP contribution >= 0.6 is 0 Å². The van der Waals surface area contributed by atoms with Crippen molar-refractivity contribution in [1.82, 2.24) is 9.97 Å². The van der Waals surface area contributed by atoms with Crippen molar-refractivity contribution in [2.45, 2.75) is 12.8 Å². The van der Waals surface area contributed by atoms with E-state index in [2.05, 4.69) is 15.3 Å². The van der Waals surface area contributed by atoms with E-state index in [1.807, 2.05) is 4.90 Å². The minimum absolute atomic E-state index is 0.169. The molecule has 3 rings (SSSR count). The molecule has 0 bridgehead atoms. The van der Waals surface area contributed by atoms with Crippen LogP contribution < -0.4 is 15.8 Å². The molecule has 0 aliphatic carbocycles. The Morgan fingerprint density at radius 2 is 1.94 bits per heavy atom. The highest BCUT2D eigenvalue weighted by molar-refractivity contribution is 6.06. The number of aromatic nitrogens is 2. The zero-order valence-corrected chi connectivity index (χ0v) is 8.75. The SMILES string of the molecule is O=C1CNc2nc(N3CCCC3)[nH]c(=O)c21. The van der Waals surface area contributed by atoms with Crippen LogP contribution in [0.15, 0.2) is 4.79 Å². The lowest BCUT2D eigenvalue weighted by Crippen LogP contribution is -2.25. The number of aromatic amines is 1. The molecule has 0 saturated carbocycles. The number of hydrogen-bond acceptors (Lipinski definition) is 5. The molecule has 1 aromatic heterocycles. The summed E-state index contributed by atoms with van der Waals surface area (Å²) in [5.74, 6) is 0.816. The summed E-state index contributed by atoms with van der Waals surface area (Å²) in [7, 11) is 0. The van der Waals surface area contributed by atoms with Crippen LogP contribution in [-0.4, -0.2) is 35.4 Å². The predicted octanol–water partition coefficient (Wildman–Crippen LogP) is -0.0217. The number of fused-ring (bicyclic) bond motifs is 1. The lowest BCUT2D eigenvalue weighted by Gasteiger charge is -2.15. The molecule has 1 fully saturated rings. The Kier molecular flexibility index (Phi) is 1.95. The Labute approximate surface area is 91.7 Å². The minimum atomic E-state index is -0.332. The number of Topliss-reactive ketones (excluding diaryl/α,β-unsaturated/α-hetero) is 1. The van der Waals surface area contributed by atoms with Crippen molar-refractivity contribution in [2.75, 3.05) is 29.9 Å². The summed E-state index contributed by atoms with van der Waals surface area (Å²) < 4.78 is 0. The van der Waals surface area contributed by atoms with Gasteiger partial charge in [0.2, 0.25) is 5.95 Å². The molecule has 1 saturated heterocycles. The number of carbonyl (C=O) groups is 1. The molecule has 0 radical (unpaired) electrons. The van der Waals surface area contributed by atoms with Crippen LogP contribution in [0, 0.1) is 0 Å². The number of anilines is 2. The molecule has 84 valence electrons. The normalized spacial score (nSPS) is 18.8. The van der Waals surface area contributed by atoms with Crippen LogP contribution in [0.1, 0.15) is 23.2 Å². The minimum Gasteiger partial charge on any atom is -0.362 e. The molecule has 16 heavy (non-hydrogen) atoms. The molecule has 2 aliphatic rings. The van der Waals surface area contributed by atoms with Gasteiger partial charge < -0.3 is 10.2 Å². The van der Waals surface area contributed by atoms with Gasteiger partial charge >= 0.3 is 0 Å². The van der Waals surface area contributed by atoms with Crippen molar-refractivity contribution in [3.8, 4) is 0 Å². The number of nitrogens with one attached hydrogen (secondary N) is 2. The number of hydrogen-bond donors (Lipinski definition) is 2. The van der Waals surface area contributed by atoms with E-state index in [9.17, 15) is 9.59 Å². The molecule has 2 N–H and O–H groups in total. The Morgan fingerprint density at radius 1 is 1.19 bits per heavy atom. The van der Waals surface area contributed by atoms with Crippen molar-refractivity contribution in [3.05, 3.63) is 15.9 Å². The molecular formula is C10H12N4O2. The molecule has 0 atom stereocenters. The van der Waals surface area contributed by atoms with Crippen molar-refractivity contribution < 1.29 is 4.79 Å². The van der Waals surface area contributed by atoms with Crippen molar-refractivity contribution >= 4 is 17.5 Å². The van der Waals surface area contributed by atoms with Crippen LogP contribution in [-0.2, 0) is 0 Å². The molecular weight excluding hydrogens is 208 g/mol. The lowest BCUT2D eigenvalue weighted by molar-refractivity contribution is 0.101. The summed E-state index contributed by atoms with van der Waals surface area (Å²) in [5.41, 5.74) is -0.162. The van der Waals surface area contributed by atoms with Gasteiger partial charge in [-0.25, -0.2) is 0 Å². The molecule has 3 heterocycles. The zero-order valence-electron chi connectivity index (χ0n) is 8.75. The molecule has 1 aromatic rings. The van der Waals surface area contributed by atoms with E-state index < -0.39 is 0 Å². The fourth-order valence-electron chi connectivity index (χ4n) is 2.18. The summed E-state index contributed by atoms with van der Waals surface area (Å²) in [6, 6.07) is 0. The summed E-state index contributed by atoms with van der Waals surface area (Å²) in [6.45, 7) is 2.00. The molecule has 0 amide bonds. The number of H-pyrrole nitrogens is 1. The first-order valence-corrected chi connectivity index (χ1v) is 5.42. The monoisotopic (exact) mass is 220 g/mol. The maximum absolute atomic E-state index is 11.7. The summed E-state index contributed by atoms with van der Waals surface area (Å²) in [6.07, 6.45) is 2.24. The maximum atomic E-state index is 11.7. The van der Waals surface area contributed by atoms with Gasteiger partial charge in [-0.15, -0.1) is 0 Å². The van der Waals surface area contributed by atoms with Gasteiger partial charge in [-0.05, 0) is 12.8 Å². The van der Waals surface area contributed by atoms with Crippen LogP contribution in [0.3, 0.4) is 0 Å². The highest BCUT2D eigenvalue weighted by Crippen LogP contribution is 2.20. The Hall–Kier alpha value is -1.85. The second-order valence-electron chi connectivity index (χ2n) is 4.08. The first-order chi connectivity index (χ1) is 7.75. The topological polar surface area (TPSA) is 78.1 Å². The van der Waals surface area contributed by atoms with Gasteiger partial charge in [-0.1, -0.05) is 0 Å². The van der Waals surface area contributed by atoms with Gasteiger partial charge in [0, 0.05) is 13.1 Å². The standard InChI is InChI=1S/C10H12N4O2/c15-6-5-11-8-7(6)9(16)13-10(12-8)14-3-1-2-4-14/h1-5H2,(H2,11,12,13,16).